The van der Waals surface area contributed by atoms with E-state index < -0.39 is 20.8 Å². The molecule has 0 unspecified atom stereocenters. The molecule has 1 aliphatic heterocycles. The second-order valence-electron chi connectivity index (χ2n) is 20.0. The Bertz CT molecular complexity index is 4100. The van der Waals surface area contributed by atoms with Gasteiger partial charge in [-0.15, -0.1) is 74.6 Å². The Morgan fingerprint density at radius 2 is 0.610 bits per heavy atom. The van der Waals surface area contributed by atoms with Crippen LogP contribution in [0.25, 0.3) is 122 Å². The molecule has 14 aromatic rings. The first-order chi connectivity index (χ1) is 40.6. The zero-order valence-corrected chi connectivity index (χ0v) is 49.8. The standard InChI is InChI=1S/2C33H23.C12H7Si.2ClH.Zr/c2*1-4-12-24(13-5-1)28-22-27-20-21-30(26-16-8-3-9-17-26)33(32(27)23-28)31-19-11-10-18-29(31)25-14-6-2-7-15-25;1-3-7-11-9(5-1)10-6-2-4-8-12(10)13-11;;;/h2*1-23H;1-7H;2*1H;/q3*-1;;;+2/p-2. The summed E-state index contributed by atoms with van der Waals surface area (Å²) in [5.41, 5.74) is 22.9. The fraction of sp³-hybridized carbons (Fsp3) is 0. The van der Waals surface area contributed by atoms with E-state index in [1.165, 1.54) is 132 Å². The molecule has 390 valence electrons. The van der Waals surface area contributed by atoms with Crippen LogP contribution in [-0.2, 0) is 20.8 Å². The van der Waals surface area contributed by atoms with Crippen LogP contribution in [0.15, 0.2) is 322 Å². The molecule has 0 atom stereocenters. The van der Waals surface area contributed by atoms with Crippen molar-refractivity contribution >= 4 is 58.5 Å². The Morgan fingerprint density at radius 1 is 0.293 bits per heavy atom. The topological polar surface area (TPSA) is 0 Å². The molecule has 0 aliphatic carbocycles. The van der Waals surface area contributed by atoms with Crippen molar-refractivity contribution < 1.29 is 20.8 Å². The summed E-state index contributed by atoms with van der Waals surface area (Å²) in [4.78, 5) is 0. The first kappa shape index (κ1) is 54.1. The van der Waals surface area contributed by atoms with E-state index in [-0.39, 0.29) is 0 Å². The summed E-state index contributed by atoms with van der Waals surface area (Å²) in [5, 5.41) is 7.94. The molecular weight excluding hydrogens is 1130 g/mol. The molecule has 1 aliphatic rings. The van der Waals surface area contributed by atoms with Crippen molar-refractivity contribution in [1.29, 1.82) is 0 Å². The van der Waals surface area contributed by atoms with Crippen LogP contribution in [0, 0.1) is 6.07 Å². The van der Waals surface area contributed by atoms with E-state index in [0.29, 0.717) is 0 Å². The Kier molecular flexibility index (Phi) is 17.2. The molecule has 0 fully saturated rings. The third-order valence-electron chi connectivity index (χ3n) is 15.1. The summed E-state index contributed by atoms with van der Waals surface area (Å²) in [6.45, 7) is 0. The molecular formula is C78H53Cl2SiZr-3. The molecule has 82 heavy (non-hydrogen) atoms. The second-order valence-corrected chi connectivity index (χ2v) is 25.0. The van der Waals surface area contributed by atoms with Crippen molar-refractivity contribution in [3.05, 3.63) is 328 Å². The van der Waals surface area contributed by atoms with Crippen LogP contribution < -0.4 is 10.4 Å². The van der Waals surface area contributed by atoms with E-state index in [1.807, 2.05) is 6.07 Å². The average Bonchev–Trinajstić information content (AvgIpc) is 4.46. The van der Waals surface area contributed by atoms with Crippen LogP contribution in [0.4, 0.5) is 0 Å². The van der Waals surface area contributed by atoms with E-state index in [2.05, 4.69) is 322 Å². The maximum absolute atomic E-state index is 4.93. The largest absolute Gasteiger partial charge is 0.184 e. The van der Waals surface area contributed by atoms with Crippen molar-refractivity contribution in [1.82, 2.24) is 0 Å². The Balaban J connectivity index is 0.000000128. The van der Waals surface area contributed by atoms with Gasteiger partial charge in [0, 0.05) is 0 Å². The number of fused-ring (bicyclic) bond motifs is 5. The van der Waals surface area contributed by atoms with E-state index in [1.54, 1.807) is 0 Å². The van der Waals surface area contributed by atoms with Gasteiger partial charge in [-0.1, -0.05) is 289 Å². The van der Waals surface area contributed by atoms with Gasteiger partial charge in [0.05, 0.1) is 9.52 Å². The molecule has 0 N–H and O–H groups in total. The van der Waals surface area contributed by atoms with Gasteiger partial charge in [0.25, 0.3) is 0 Å². The van der Waals surface area contributed by atoms with Gasteiger partial charge < -0.3 is 0 Å². The molecule has 0 spiro atoms. The smallest absolute Gasteiger partial charge is 0.0920 e. The van der Waals surface area contributed by atoms with Gasteiger partial charge in [-0.3, -0.25) is 0 Å². The molecule has 2 radical (unpaired) electrons. The number of rotatable bonds is 8. The predicted molar refractivity (Wildman–Crippen MR) is 350 cm³/mol. The minimum atomic E-state index is -0.826. The van der Waals surface area contributed by atoms with Crippen molar-refractivity contribution in [3.8, 4) is 100 Å². The van der Waals surface area contributed by atoms with E-state index >= 15 is 0 Å². The fourth-order valence-corrected chi connectivity index (χ4v) is 12.6. The molecule has 0 amide bonds. The summed E-state index contributed by atoms with van der Waals surface area (Å²) < 4.78 is 0. The van der Waals surface area contributed by atoms with Gasteiger partial charge in [-0.05, 0) is 66.8 Å². The number of halogens is 2. The predicted octanol–water partition coefficient (Wildman–Crippen LogP) is 21.0. The summed E-state index contributed by atoms with van der Waals surface area (Å²) in [7, 11) is 10.7. The molecule has 0 bridgehead atoms. The van der Waals surface area contributed by atoms with Crippen LogP contribution in [0.3, 0.4) is 0 Å². The Hall–Kier alpha value is -8.46. The molecule has 0 saturated heterocycles. The molecule has 0 nitrogen and oxygen atoms in total. The average molecular weight is 1180 g/mol. The summed E-state index contributed by atoms with van der Waals surface area (Å²) in [6, 6.07) is 118. The van der Waals surface area contributed by atoms with Gasteiger partial charge in [-0.2, -0.15) is 29.5 Å². The minimum Gasteiger partial charge on any atom is -0.184 e. The van der Waals surface area contributed by atoms with Crippen molar-refractivity contribution in [3.63, 3.8) is 0 Å². The summed E-state index contributed by atoms with van der Waals surface area (Å²) >= 11 is -0.826. The van der Waals surface area contributed by atoms with E-state index in [4.69, 9.17) is 17.0 Å². The van der Waals surface area contributed by atoms with Gasteiger partial charge >= 0.3 is 37.9 Å². The monoisotopic (exact) mass is 1180 g/mol. The first-order valence-corrected chi connectivity index (χ1v) is 34.8. The van der Waals surface area contributed by atoms with Crippen LogP contribution in [0.2, 0.25) is 0 Å². The zero-order valence-electron chi connectivity index (χ0n) is 44.9. The number of hydrogen-bond donors (Lipinski definition) is 0. The third-order valence-corrected chi connectivity index (χ3v) is 16.4. The van der Waals surface area contributed by atoms with Crippen LogP contribution in [-0.4, -0.2) is 9.52 Å². The van der Waals surface area contributed by atoms with E-state index in [9.17, 15) is 0 Å². The molecule has 4 heteroatoms. The SMILES string of the molecule is [Cl][Zr][Cl].[c-]1cccc2c1[Si]c1ccccc1-2.c1ccc(-c2cc3c(-c4ccccc4-c4ccccc4)c(-c4ccccc4)ccc3[cH-]2)cc1.c1ccc(-c2cc3c(-c4ccccc4-c4ccccc4)c(-c4ccccc4)ccc3[cH-]2)cc1. The third kappa shape index (κ3) is 11.8. The van der Waals surface area contributed by atoms with Gasteiger partial charge in [0.1, 0.15) is 0 Å². The molecule has 0 aromatic heterocycles. The maximum atomic E-state index is 4.93. The molecule has 1 heterocycles. The normalized spacial score (nSPS) is 11.0. The van der Waals surface area contributed by atoms with Crippen LogP contribution in [0.5, 0.6) is 0 Å². The van der Waals surface area contributed by atoms with Crippen LogP contribution >= 0.6 is 17.0 Å². The van der Waals surface area contributed by atoms with Gasteiger partial charge in [0.2, 0.25) is 0 Å². The summed E-state index contributed by atoms with van der Waals surface area (Å²) in [6.07, 6.45) is 0. The number of benzene rings is 12. The molecule has 0 saturated carbocycles. The van der Waals surface area contributed by atoms with Crippen LogP contribution in [0.1, 0.15) is 0 Å². The molecule has 14 aromatic carbocycles. The minimum absolute atomic E-state index is 0.795. The first-order valence-electron chi connectivity index (χ1n) is 27.4. The quantitative estimate of drug-likeness (QED) is 0.105. The fourth-order valence-electron chi connectivity index (χ4n) is 11.3. The number of hydrogen-bond acceptors (Lipinski definition) is 0. The van der Waals surface area contributed by atoms with Gasteiger partial charge in [0.15, 0.2) is 0 Å². The second kappa shape index (κ2) is 26.0. The van der Waals surface area contributed by atoms with Crippen molar-refractivity contribution in [2.45, 2.75) is 0 Å². The molecule has 15 rings (SSSR count). The van der Waals surface area contributed by atoms with Crippen molar-refractivity contribution in [2.24, 2.45) is 0 Å². The Labute approximate surface area is 502 Å². The van der Waals surface area contributed by atoms with E-state index in [0.717, 1.165) is 9.52 Å². The maximum Gasteiger partial charge on any atom is 0.0920 e. The zero-order chi connectivity index (χ0) is 55.5. The summed E-state index contributed by atoms with van der Waals surface area (Å²) in [5.74, 6) is 0. The van der Waals surface area contributed by atoms with Gasteiger partial charge in [-0.25, -0.2) is 0 Å². The van der Waals surface area contributed by atoms with Crippen molar-refractivity contribution in [2.75, 3.05) is 0 Å². The Morgan fingerprint density at radius 3 is 1.01 bits per heavy atom.